The molecule has 0 unspecified atom stereocenters. The minimum absolute atomic E-state index is 0.173. The zero-order valence-electron chi connectivity index (χ0n) is 11.6. The summed E-state index contributed by atoms with van der Waals surface area (Å²) in [6.07, 6.45) is 0.216. The van der Waals surface area contributed by atoms with E-state index in [1.165, 1.54) is 0 Å². The Kier molecular flexibility index (Phi) is 6.19. The molecule has 0 aromatic heterocycles. The molecule has 0 aliphatic carbocycles. The number of hydrogen-bond acceptors (Lipinski definition) is 3. The van der Waals surface area contributed by atoms with Crippen LogP contribution >= 0.6 is 0 Å². The van der Waals surface area contributed by atoms with E-state index in [2.05, 4.69) is 10.6 Å². The molecule has 0 radical (unpaired) electrons. The highest BCUT2D eigenvalue weighted by molar-refractivity contribution is 5.93. The van der Waals surface area contributed by atoms with Crippen molar-refractivity contribution in [2.24, 2.45) is 0 Å². The maximum atomic E-state index is 11.8. The number of carboxylic acids is 2. The summed E-state index contributed by atoms with van der Waals surface area (Å²) in [4.78, 5) is 33.3. The van der Waals surface area contributed by atoms with Crippen LogP contribution in [0, 0.1) is 0 Å². The maximum Gasteiger partial charge on any atom is 0.326 e. The molecule has 1 atom stereocenters. The molecule has 0 fully saturated rings. The molecule has 2 amide bonds. The van der Waals surface area contributed by atoms with Gasteiger partial charge in [0.1, 0.15) is 6.04 Å². The predicted octanol–water partition coefficient (Wildman–Crippen LogP) is 1.69. The number of anilines is 1. The smallest absolute Gasteiger partial charge is 0.326 e. The first kappa shape index (κ1) is 16.5. The molecule has 1 rings (SSSR count). The number of carbonyl (C=O) groups excluding carboxylic acids is 1. The molecule has 1 aromatic rings. The van der Waals surface area contributed by atoms with E-state index in [4.69, 9.17) is 10.2 Å². The van der Waals surface area contributed by atoms with Crippen molar-refractivity contribution in [3.8, 4) is 0 Å². The SMILES string of the molecule is CCc1ccccc1NC(=O)N[C@@H](CCC(=O)O)C(=O)O. The van der Waals surface area contributed by atoms with E-state index in [1.54, 1.807) is 12.1 Å². The third-order valence-electron chi connectivity index (χ3n) is 2.90. The molecule has 0 aliphatic rings. The zero-order chi connectivity index (χ0) is 15.8. The highest BCUT2D eigenvalue weighted by atomic mass is 16.4. The molecule has 0 saturated carbocycles. The largest absolute Gasteiger partial charge is 0.481 e. The quantitative estimate of drug-likeness (QED) is 0.610. The highest BCUT2D eigenvalue weighted by Crippen LogP contribution is 2.15. The number of hydrogen-bond donors (Lipinski definition) is 4. The average molecular weight is 294 g/mol. The van der Waals surface area contributed by atoms with Crippen molar-refractivity contribution in [3.63, 3.8) is 0 Å². The second-order valence-electron chi connectivity index (χ2n) is 4.43. The van der Waals surface area contributed by atoms with Gasteiger partial charge in [-0.1, -0.05) is 25.1 Å². The number of rotatable bonds is 7. The number of nitrogens with one attached hydrogen (secondary N) is 2. The molecular formula is C14H18N2O5. The molecular weight excluding hydrogens is 276 g/mol. The summed E-state index contributed by atoms with van der Waals surface area (Å²) < 4.78 is 0. The summed E-state index contributed by atoms with van der Waals surface area (Å²) in [5, 5.41) is 22.4. The molecule has 1 aromatic carbocycles. The minimum atomic E-state index is -1.27. The Morgan fingerprint density at radius 1 is 1.19 bits per heavy atom. The van der Waals surface area contributed by atoms with Crippen molar-refractivity contribution in [1.29, 1.82) is 0 Å². The molecule has 114 valence electrons. The normalized spacial score (nSPS) is 11.5. The number of carbonyl (C=O) groups is 3. The van der Waals surface area contributed by atoms with Crippen molar-refractivity contribution in [3.05, 3.63) is 29.8 Å². The molecule has 0 aliphatic heterocycles. The van der Waals surface area contributed by atoms with Gasteiger partial charge < -0.3 is 20.8 Å². The monoisotopic (exact) mass is 294 g/mol. The Balaban J connectivity index is 2.65. The van der Waals surface area contributed by atoms with E-state index < -0.39 is 24.0 Å². The first-order valence-corrected chi connectivity index (χ1v) is 6.54. The molecule has 0 bridgehead atoms. The third kappa shape index (κ3) is 5.52. The van der Waals surface area contributed by atoms with Crippen LogP contribution in [0.2, 0.25) is 0 Å². The van der Waals surface area contributed by atoms with Gasteiger partial charge in [-0.3, -0.25) is 4.79 Å². The van der Waals surface area contributed by atoms with Gasteiger partial charge in [-0.15, -0.1) is 0 Å². The van der Waals surface area contributed by atoms with Crippen molar-refractivity contribution >= 4 is 23.7 Å². The number of para-hydroxylation sites is 1. The first-order valence-electron chi connectivity index (χ1n) is 6.54. The van der Waals surface area contributed by atoms with Gasteiger partial charge in [-0.25, -0.2) is 9.59 Å². The lowest BCUT2D eigenvalue weighted by Gasteiger charge is -2.15. The highest BCUT2D eigenvalue weighted by Gasteiger charge is 2.21. The van der Waals surface area contributed by atoms with E-state index in [9.17, 15) is 14.4 Å². The fraction of sp³-hybridized carbons (Fsp3) is 0.357. The van der Waals surface area contributed by atoms with Gasteiger partial charge in [0.2, 0.25) is 0 Å². The first-order chi connectivity index (χ1) is 9.93. The van der Waals surface area contributed by atoms with E-state index in [0.717, 1.165) is 12.0 Å². The molecule has 7 nitrogen and oxygen atoms in total. The van der Waals surface area contributed by atoms with Gasteiger partial charge in [0, 0.05) is 12.1 Å². The minimum Gasteiger partial charge on any atom is -0.481 e. The maximum absolute atomic E-state index is 11.8. The van der Waals surface area contributed by atoms with Crippen molar-refractivity contribution in [2.45, 2.75) is 32.2 Å². The van der Waals surface area contributed by atoms with Gasteiger partial charge in [-0.05, 0) is 24.5 Å². The van der Waals surface area contributed by atoms with E-state index in [-0.39, 0.29) is 12.8 Å². The van der Waals surface area contributed by atoms with Gasteiger partial charge >= 0.3 is 18.0 Å². The summed E-state index contributed by atoms with van der Waals surface area (Å²) in [5.41, 5.74) is 1.52. The summed E-state index contributed by atoms with van der Waals surface area (Å²) in [6.45, 7) is 1.94. The van der Waals surface area contributed by atoms with E-state index in [0.29, 0.717) is 5.69 Å². The molecule has 0 spiro atoms. The lowest BCUT2D eigenvalue weighted by Crippen LogP contribution is -2.43. The van der Waals surface area contributed by atoms with Crippen LogP contribution in [-0.4, -0.2) is 34.2 Å². The summed E-state index contributed by atoms with van der Waals surface area (Å²) in [5.74, 6) is -2.38. The number of carboxylic acid groups (broad SMARTS) is 2. The van der Waals surface area contributed by atoms with Gasteiger partial charge in [0.25, 0.3) is 0 Å². The lowest BCUT2D eigenvalue weighted by atomic mass is 10.1. The summed E-state index contributed by atoms with van der Waals surface area (Å²) in [6, 6.07) is 5.26. The van der Waals surface area contributed by atoms with Crippen LogP contribution in [-0.2, 0) is 16.0 Å². The standard InChI is InChI=1S/C14H18N2O5/c1-2-9-5-3-4-6-10(9)15-14(21)16-11(13(19)20)7-8-12(17)18/h3-6,11H,2,7-8H2,1H3,(H,17,18)(H,19,20)(H2,15,16,21)/t11-/m0/s1. The molecule has 0 heterocycles. The number of aliphatic carboxylic acids is 2. The van der Waals surface area contributed by atoms with Crippen molar-refractivity contribution in [2.75, 3.05) is 5.32 Å². The topological polar surface area (TPSA) is 116 Å². The number of amides is 2. The predicted molar refractivity (Wildman–Crippen MR) is 76.3 cm³/mol. The third-order valence-corrected chi connectivity index (χ3v) is 2.90. The molecule has 21 heavy (non-hydrogen) atoms. The van der Waals surface area contributed by atoms with Crippen LogP contribution in [0.3, 0.4) is 0 Å². The van der Waals surface area contributed by atoms with E-state index in [1.807, 2.05) is 19.1 Å². The van der Waals surface area contributed by atoms with Crippen molar-refractivity contribution < 1.29 is 24.6 Å². The number of benzene rings is 1. The zero-order valence-corrected chi connectivity index (χ0v) is 11.6. The molecule has 0 saturated heterocycles. The van der Waals surface area contributed by atoms with Crippen molar-refractivity contribution in [1.82, 2.24) is 5.32 Å². The van der Waals surface area contributed by atoms with Gasteiger partial charge in [0.15, 0.2) is 0 Å². The van der Waals surface area contributed by atoms with Crippen LogP contribution in [0.15, 0.2) is 24.3 Å². The fourth-order valence-electron chi connectivity index (χ4n) is 1.79. The molecule has 4 N–H and O–H groups in total. The number of aryl methyl sites for hydroxylation is 1. The van der Waals surface area contributed by atoms with Crippen LogP contribution in [0.1, 0.15) is 25.3 Å². The molecule has 7 heteroatoms. The second kappa shape index (κ2) is 7.88. The van der Waals surface area contributed by atoms with Crippen LogP contribution in [0.5, 0.6) is 0 Å². The van der Waals surface area contributed by atoms with Gasteiger partial charge in [-0.2, -0.15) is 0 Å². The van der Waals surface area contributed by atoms with Gasteiger partial charge in [0.05, 0.1) is 0 Å². The lowest BCUT2D eigenvalue weighted by molar-refractivity contribution is -0.140. The Morgan fingerprint density at radius 3 is 2.43 bits per heavy atom. The summed E-state index contributed by atoms with van der Waals surface area (Å²) >= 11 is 0. The Labute approximate surface area is 122 Å². The van der Waals surface area contributed by atoms with Crippen LogP contribution < -0.4 is 10.6 Å². The average Bonchev–Trinajstić information content (AvgIpc) is 2.43. The number of urea groups is 1. The van der Waals surface area contributed by atoms with E-state index >= 15 is 0 Å². The van der Waals surface area contributed by atoms with Crippen LogP contribution in [0.4, 0.5) is 10.5 Å². The second-order valence-corrected chi connectivity index (χ2v) is 4.43. The Bertz CT molecular complexity index is 530. The Morgan fingerprint density at radius 2 is 1.86 bits per heavy atom. The summed E-state index contributed by atoms with van der Waals surface area (Å²) in [7, 11) is 0. The van der Waals surface area contributed by atoms with Crippen LogP contribution in [0.25, 0.3) is 0 Å². The fourth-order valence-corrected chi connectivity index (χ4v) is 1.79. The Hall–Kier alpha value is -2.57.